The number of likely N-dealkylation sites (tertiary alicyclic amines) is 1. The molecule has 1 atom stereocenters. The van der Waals surface area contributed by atoms with Crippen molar-refractivity contribution in [2.45, 2.75) is 25.8 Å². The van der Waals surface area contributed by atoms with Crippen LogP contribution < -0.4 is 21.5 Å². The monoisotopic (exact) mass is 409 g/mol. The number of amides is 1. The number of ether oxygens (including phenoxy) is 1. The summed E-state index contributed by atoms with van der Waals surface area (Å²) in [6.45, 7) is 8.43. The third-order valence-corrected chi connectivity index (χ3v) is 4.55. The van der Waals surface area contributed by atoms with Crippen LogP contribution in [0.5, 0.6) is 5.75 Å². The molecule has 0 aliphatic carbocycles. The van der Waals surface area contributed by atoms with Gasteiger partial charge >= 0.3 is 0 Å². The Labute approximate surface area is 175 Å². The number of nitrogens with zero attached hydrogens (tertiary/aromatic N) is 4. The summed E-state index contributed by atoms with van der Waals surface area (Å²) in [7, 11) is 0. The van der Waals surface area contributed by atoms with Crippen LogP contribution in [0.3, 0.4) is 0 Å². The molecule has 1 aromatic heterocycles. The first-order valence-corrected chi connectivity index (χ1v) is 9.84. The maximum Gasteiger partial charge on any atom is 0.242 e. The fourth-order valence-corrected chi connectivity index (χ4v) is 2.97. The van der Waals surface area contributed by atoms with Crippen molar-refractivity contribution in [1.29, 1.82) is 0 Å². The summed E-state index contributed by atoms with van der Waals surface area (Å²) in [5.74, 6) is 1.32. The van der Waals surface area contributed by atoms with Crippen LogP contribution >= 0.6 is 0 Å². The lowest BCUT2D eigenvalue weighted by molar-refractivity contribution is -0.117. The van der Waals surface area contributed by atoms with Gasteiger partial charge in [-0.2, -0.15) is 0 Å². The molecule has 9 nitrogen and oxygen atoms in total. The predicted molar refractivity (Wildman–Crippen MR) is 117 cm³/mol. The van der Waals surface area contributed by atoms with E-state index in [1.165, 1.54) is 12.8 Å². The van der Waals surface area contributed by atoms with Gasteiger partial charge in [0.15, 0.2) is 11.6 Å². The highest BCUT2D eigenvalue weighted by atomic mass is 16.5. The van der Waals surface area contributed by atoms with E-state index in [4.69, 9.17) is 16.2 Å². The van der Waals surface area contributed by atoms with Gasteiger partial charge < -0.3 is 21.5 Å². The molecular weight excluding hydrogens is 382 g/mol. The van der Waals surface area contributed by atoms with Crippen molar-refractivity contribution in [1.82, 2.24) is 9.88 Å². The average molecular weight is 409 g/mol. The summed E-state index contributed by atoms with van der Waals surface area (Å²) in [5.41, 5.74) is 12.4. The summed E-state index contributed by atoms with van der Waals surface area (Å²) < 4.78 is 5.92. The van der Waals surface area contributed by atoms with Crippen LogP contribution in [0.25, 0.3) is 0 Å². The fourth-order valence-electron chi connectivity index (χ4n) is 2.97. The zero-order valence-electron chi connectivity index (χ0n) is 17.0. The van der Waals surface area contributed by atoms with Gasteiger partial charge in [0.25, 0.3) is 0 Å². The summed E-state index contributed by atoms with van der Waals surface area (Å²) >= 11 is 0. The molecule has 3 rings (SSSR count). The Balaban J connectivity index is 1.68. The zero-order valence-corrected chi connectivity index (χ0v) is 17.0. The van der Waals surface area contributed by atoms with Crippen molar-refractivity contribution < 1.29 is 9.53 Å². The van der Waals surface area contributed by atoms with Crippen molar-refractivity contribution in [2.75, 3.05) is 30.7 Å². The number of pyridine rings is 1. The number of hydrogen-bond acceptors (Lipinski definition) is 8. The number of carbonyl (C=O) groups excluding carboxylic acids is 1. The van der Waals surface area contributed by atoms with Crippen LogP contribution in [0.15, 0.2) is 59.0 Å². The number of rotatable bonds is 8. The second-order valence-corrected chi connectivity index (χ2v) is 7.17. The third-order valence-electron chi connectivity index (χ3n) is 4.55. The number of aromatic nitrogens is 1. The van der Waals surface area contributed by atoms with Gasteiger partial charge in [0.05, 0.1) is 12.6 Å². The lowest BCUT2D eigenvalue weighted by Crippen LogP contribution is -2.32. The molecule has 9 heteroatoms. The molecule has 2 aromatic rings. The molecule has 5 N–H and O–H groups in total. The maximum absolute atomic E-state index is 11.7. The summed E-state index contributed by atoms with van der Waals surface area (Å²) in [6.07, 6.45) is 2.42. The fraction of sp³-hybridized carbons (Fsp3) is 0.333. The Kier molecular flexibility index (Phi) is 7.10. The minimum Gasteiger partial charge on any atom is -0.459 e. The van der Waals surface area contributed by atoms with Crippen LogP contribution in [0.4, 0.5) is 23.0 Å². The van der Waals surface area contributed by atoms with E-state index in [9.17, 15) is 4.79 Å². The van der Waals surface area contributed by atoms with Crippen molar-refractivity contribution >= 4 is 28.9 Å². The lowest BCUT2D eigenvalue weighted by atomic mass is 10.3. The molecule has 158 valence electrons. The molecule has 2 heterocycles. The van der Waals surface area contributed by atoms with E-state index in [1.54, 1.807) is 25.1 Å². The molecule has 0 radical (unpaired) electrons. The van der Waals surface area contributed by atoms with Crippen molar-refractivity contribution in [3.63, 3.8) is 0 Å². The maximum atomic E-state index is 11.7. The Bertz CT molecular complexity index is 937. The first-order valence-electron chi connectivity index (χ1n) is 9.84. The number of benzene rings is 1. The van der Waals surface area contributed by atoms with Gasteiger partial charge in [-0.05, 0) is 57.1 Å². The molecule has 1 amide bonds. The van der Waals surface area contributed by atoms with Gasteiger partial charge in [-0.15, -0.1) is 10.2 Å². The molecule has 0 spiro atoms. The minimum absolute atomic E-state index is 0.137. The van der Waals surface area contributed by atoms with Crippen LogP contribution in [0.1, 0.15) is 19.8 Å². The minimum atomic E-state index is -0.649. The van der Waals surface area contributed by atoms with Crippen molar-refractivity contribution in [3.05, 3.63) is 48.7 Å². The van der Waals surface area contributed by atoms with E-state index in [1.807, 2.05) is 18.2 Å². The standard InChI is InChI=1S/C21H27N7O2/c1-14(13-28-11-5-6-12-28)30-18-8-4-3-7-16(18)26-27-17-9-10-19(24-20(17)23)25-21(29)15(2)22/h3-4,7-10,15H,1,5-6,11-13,22H2,2H3,(H3,23,24,25,29)/t15-/m0/s1. The summed E-state index contributed by atoms with van der Waals surface area (Å²) in [5, 5.41) is 11.0. The van der Waals surface area contributed by atoms with Gasteiger partial charge in [-0.1, -0.05) is 18.7 Å². The van der Waals surface area contributed by atoms with Crippen molar-refractivity contribution in [3.8, 4) is 5.75 Å². The molecule has 0 unspecified atom stereocenters. The van der Waals surface area contributed by atoms with Gasteiger partial charge in [0.1, 0.15) is 23.0 Å². The Morgan fingerprint density at radius 2 is 1.93 bits per heavy atom. The van der Waals surface area contributed by atoms with E-state index in [0.29, 0.717) is 35.2 Å². The number of anilines is 2. The summed E-state index contributed by atoms with van der Waals surface area (Å²) in [4.78, 5) is 18.1. The van der Waals surface area contributed by atoms with E-state index in [-0.39, 0.29) is 11.7 Å². The Morgan fingerprint density at radius 3 is 2.63 bits per heavy atom. The normalized spacial score (nSPS) is 15.3. The molecule has 1 saturated heterocycles. The number of azo groups is 1. The van der Waals surface area contributed by atoms with E-state index >= 15 is 0 Å². The zero-order chi connectivity index (χ0) is 21.5. The highest BCUT2D eigenvalue weighted by molar-refractivity contribution is 5.93. The van der Waals surface area contributed by atoms with Gasteiger partial charge in [-0.25, -0.2) is 4.98 Å². The Hall–Kier alpha value is -3.30. The lowest BCUT2D eigenvalue weighted by Gasteiger charge is -2.17. The number of nitrogens with one attached hydrogen (secondary N) is 1. The largest absolute Gasteiger partial charge is 0.459 e. The second kappa shape index (κ2) is 9.95. The van der Waals surface area contributed by atoms with E-state index in [0.717, 1.165) is 13.1 Å². The SMILES string of the molecule is C=C(CN1CCCC1)Oc1ccccc1N=Nc1ccc(NC(=O)[C@H](C)N)nc1N. The number of hydrogen-bond donors (Lipinski definition) is 3. The number of nitrogen functional groups attached to an aromatic ring is 1. The predicted octanol–water partition coefficient (Wildman–Crippen LogP) is 3.35. The molecule has 0 saturated carbocycles. The second-order valence-electron chi connectivity index (χ2n) is 7.17. The topological polar surface area (TPSA) is 131 Å². The number of carbonyl (C=O) groups is 1. The van der Waals surface area contributed by atoms with Gasteiger partial charge in [0.2, 0.25) is 5.91 Å². The molecule has 1 aliphatic rings. The quantitative estimate of drug-likeness (QED) is 0.452. The van der Waals surface area contributed by atoms with Crippen LogP contribution in [-0.4, -0.2) is 41.5 Å². The molecule has 1 aliphatic heterocycles. The highest BCUT2D eigenvalue weighted by Gasteiger charge is 2.14. The smallest absolute Gasteiger partial charge is 0.242 e. The summed E-state index contributed by atoms with van der Waals surface area (Å²) in [6, 6.07) is 9.88. The number of para-hydroxylation sites is 1. The molecule has 0 bridgehead atoms. The Morgan fingerprint density at radius 1 is 1.23 bits per heavy atom. The van der Waals surface area contributed by atoms with Crippen LogP contribution in [0.2, 0.25) is 0 Å². The first-order chi connectivity index (χ1) is 14.4. The molecular formula is C21H27N7O2. The third kappa shape index (κ3) is 5.85. The molecule has 1 fully saturated rings. The van der Waals surface area contributed by atoms with Crippen LogP contribution in [0, 0.1) is 0 Å². The van der Waals surface area contributed by atoms with Gasteiger partial charge in [-0.3, -0.25) is 9.69 Å². The number of nitrogens with two attached hydrogens (primary N) is 2. The van der Waals surface area contributed by atoms with Crippen LogP contribution in [-0.2, 0) is 4.79 Å². The average Bonchev–Trinajstić information content (AvgIpc) is 3.21. The van der Waals surface area contributed by atoms with Crippen molar-refractivity contribution in [2.24, 2.45) is 16.0 Å². The van der Waals surface area contributed by atoms with E-state index in [2.05, 4.69) is 32.0 Å². The molecule has 30 heavy (non-hydrogen) atoms. The molecule has 1 aromatic carbocycles. The highest BCUT2D eigenvalue weighted by Crippen LogP contribution is 2.31. The van der Waals surface area contributed by atoms with Gasteiger partial charge in [0, 0.05) is 0 Å². The van der Waals surface area contributed by atoms with E-state index < -0.39 is 6.04 Å². The first kappa shape index (κ1) is 21.4.